The van der Waals surface area contributed by atoms with E-state index in [4.69, 9.17) is 0 Å². The zero-order valence-electron chi connectivity index (χ0n) is 11.9. The molecule has 2 heterocycles. The largest absolute Gasteiger partial charge is 0.296 e. The summed E-state index contributed by atoms with van der Waals surface area (Å²) in [4.78, 5) is 10.6. The van der Waals surface area contributed by atoms with Gasteiger partial charge in [0.15, 0.2) is 0 Å². The molecule has 0 saturated carbocycles. The first-order valence-electron chi connectivity index (χ1n) is 6.65. The van der Waals surface area contributed by atoms with Crippen molar-refractivity contribution in [3.8, 4) is 0 Å². The second-order valence-corrected chi connectivity index (χ2v) is 4.85. The highest BCUT2D eigenvalue weighted by molar-refractivity contribution is 5.16. The van der Waals surface area contributed by atoms with Crippen molar-refractivity contribution in [2.75, 3.05) is 7.05 Å². The van der Waals surface area contributed by atoms with Crippen LogP contribution in [0.15, 0.2) is 24.8 Å². The Labute approximate surface area is 114 Å². The van der Waals surface area contributed by atoms with E-state index in [-0.39, 0.29) is 0 Å². The third kappa shape index (κ3) is 3.61. The van der Waals surface area contributed by atoms with Gasteiger partial charge in [-0.05, 0) is 20.4 Å². The monoisotopic (exact) mass is 259 g/mol. The molecule has 0 unspecified atom stereocenters. The summed E-state index contributed by atoms with van der Waals surface area (Å²) in [5.74, 6) is 0. The molecule has 2 aromatic heterocycles. The number of nitrogens with zero attached hydrogens (tertiary/aromatic N) is 5. The van der Waals surface area contributed by atoms with E-state index in [1.54, 1.807) is 12.4 Å². The van der Waals surface area contributed by atoms with Crippen molar-refractivity contribution < 1.29 is 0 Å². The lowest BCUT2D eigenvalue weighted by atomic mass is 10.2. The molecule has 0 fully saturated rings. The molecule has 0 aliphatic rings. The normalized spacial score (nSPS) is 11.2. The summed E-state index contributed by atoms with van der Waals surface area (Å²) in [5, 5.41) is 4.43. The highest BCUT2D eigenvalue weighted by atomic mass is 15.3. The quantitative estimate of drug-likeness (QED) is 0.796. The number of aryl methyl sites for hydroxylation is 1. The van der Waals surface area contributed by atoms with E-state index in [0.29, 0.717) is 0 Å². The Morgan fingerprint density at radius 3 is 2.74 bits per heavy atom. The van der Waals surface area contributed by atoms with Gasteiger partial charge in [0.05, 0.1) is 11.9 Å². The van der Waals surface area contributed by atoms with Crippen molar-refractivity contribution in [1.82, 2.24) is 24.6 Å². The van der Waals surface area contributed by atoms with E-state index in [2.05, 4.69) is 45.5 Å². The van der Waals surface area contributed by atoms with Crippen LogP contribution in [0.25, 0.3) is 0 Å². The van der Waals surface area contributed by atoms with E-state index < -0.39 is 0 Å². The lowest BCUT2D eigenvalue weighted by Crippen LogP contribution is -2.18. The Morgan fingerprint density at radius 1 is 1.21 bits per heavy atom. The maximum absolute atomic E-state index is 4.43. The molecule has 2 rings (SSSR count). The smallest absolute Gasteiger partial charge is 0.0726 e. The van der Waals surface area contributed by atoms with Crippen LogP contribution >= 0.6 is 0 Å². The van der Waals surface area contributed by atoms with E-state index >= 15 is 0 Å². The third-order valence-electron chi connectivity index (χ3n) is 3.13. The average Bonchev–Trinajstić information content (AvgIpc) is 2.73. The molecule has 19 heavy (non-hydrogen) atoms. The number of aromatic nitrogens is 4. The first-order valence-corrected chi connectivity index (χ1v) is 6.65. The highest BCUT2D eigenvalue weighted by Crippen LogP contribution is 2.11. The summed E-state index contributed by atoms with van der Waals surface area (Å²) in [6.45, 7) is 6.97. The van der Waals surface area contributed by atoms with Crippen LogP contribution in [-0.4, -0.2) is 31.7 Å². The second kappa shape index (κ2) is 6.43. The Bertz CT molecular complexity index is 506. The predicted molar refractivity (Wildman–Crippen MR) is 74.5 cm³/mol. The zero-order chi connectivity index (χ0) is 13.7. The summed E-state index contributed by atoms with van der Waals surface area (Å²) in [5.41, 5.74) is 3.52. The van der Waals surface area contributed by atoms with Crippen molar-refractivity contribution in [3.63, 3.8) is 0 Å². The van der Waals surface area contributed by atoms with Crippen LogP contribution < -0.4 is 0 Å². The first kappa shape index (κ1) is 13.7. The van der Waals surface area contributed by atoms with Gasteiger partial charge >= 0.3 is 0 Å². The van der Waals surface area contributed by atoms with Crippen LogP contribution in [-0.2, 0) is 19.6 Å². The summed E-state index contributed by atoms with van der Waals surface area (Å²) in [6, 6.07) is 0. The predicted octanol–water partition coefficient (Wildman–Crippen LogP) is 2.02. The molecule has 0 aromatic carbocycles. The molecule has 0 atom stereocenters. The molecule has 2 aromatic rings. The van der Waals surface area contributed by atoms with Crippen LogP contribution in [0.4, 0.5) is 0 Å². The molecular formula is C14H21N5. The molecule has 0 bridgehead atoms. The third-order valence-corrected chi connectivity index (χ3v) is 3.13. The number of rotatable bonds is 6. The molecule has 0 aliphatic heterocycles. The standard InChI is InChI=1S/C14H21N5/c1-4-7-19-12(2)13(8-17-19)10-18(3)11-14-9-15-5-6-16-14/h5-6,8-9H,4,7,10-11H2,1-3H3. The molecule has 0 amide bonds. The topological polar surface area (TPSA) is 46.8 Å². The van der Waals surface area contributed by atoms with E-state index in [0.717, 1.165) is 31.7 Å². The SMILES string of the molecule is CCCn1ncc(CN(C)Cc2cnccn2)c1C. The van der Waals surface area contributed by atoms with Gasteiger partial charge in [0.1, 0.15) is 0 Å². The fraction of sp³-hybridized carbons (Fsp3) is 0.500. The van der Waals surface area contributed by atoms with Gasteiger partial charge in [0.2, 0.25) is 0 Å². The summed E-state index contributed by atoms with van der Waals surface area (Å²) < 4.78 is 2.07. The molecular weight excluding hydrogens is 238 g/mol. The Morgan fingerprint density at radius 2 is 2.05 bits per heavy atom. The Hall–Kier alpha value is -1.75. The minimum Gasteiger partial charge on any atom is -0.296 e. The van der Waals surface area contributed by atoms with Crippen molar-refractivity contribution >= 4 is 0 Å². The number of hydrogen-bond acceptors (Lipinski definition) is 4. The van der Waals surface area contributed by atoms with Crippen molar-refractivity contribution in [2.45, 2.75) is 39.9 Å². The van der Waals surface area contributed by atoms with Crippen LogP contribution in [0.5, 0.6) is 0 Å². The Kier molecular flexibility index (Phi) is 4.63. The van der Waals surface area contributed by atoms with Gasteiger partial charge in [0.25, 0.3) is 0 Å². The number of hydrogen-bond donors (Lipinski definition) is 0. The molecule has 0 saturated heterocycles. The van der Waals surface area contributed by atoms with Gasteiger partial charge in [-0.2, -0.15) is 5.10 Å². The molecule has 102 valence electrons. The van der Waals surface area contributed by atoms with Crippen LogP contribution in [0, 0.1) is 6.92 Å². The first-order chi connectivity index (χ1) is 9.20. The Balaban J connectivity index is 1.97. The van der Waals surface area contributed by atoms with Crippen LogP contribution in [0.3, 0.4) is 0 Å². The van der Waals surface area contributed by atoms with E-state index in [1.165, 1.54) is 11.3 Å². The van der Waals surface area contributed by atoms with Crippen LogP contribution in [0.1, 0.15) is 30.3 Å². The molecule has 0 radical (unpaired) electrons. The lowest BCUT2D eigenvalue weighted by Gasteiger charge is -2.15. The van der Waals surface area contributed by atoms with E-state index in [9.17, 15) is 0 Å². The van der Waals surface area contributed by atoms with Gasteiger partial charge in [-0.3, -0.25) is 19.5 Å². The average molecular weight is 259 g/mol. The fourth-order valence-electron chi connectivity index (χ4n) is 2.11. The molecule has 5 nitrogen and oxygen atoms in total. The molecule has 0 aliphatic carbocycles. The maximum atomic E-state index is 4.43. The van der Waals surface area contributed by atoms with Gasteiger partial charge < -0.3 is 0 Å². The minimum absolute atomic E-state index is 0.798. The second-order valence-electron chi connectivity index (χ2n) is 4.85. The lowest BCUT2D eigenvalue weighted by molar-refractivity contribution is 0.313. The summed E-state index contributed by atoms with van der Waals surface area (Å²) >= 11 is 0. The molecule has 0 N–H and O–H groups in total. The minimum atomic E-state index is 0.798. The van der Waals surface area contributed by atoms with Crippen LogP contribution in [0.2, 0.25) is 0 Å². The molecule has 0 spiro atoms. The van der Waals surface area contributed by atoms with Crippen molar-refractivity contribution in [3.05, 3.63) is 41.7 Å². The maximum Gasteiger partial charge on any atom is 0.0726 e. The fourth-order valence-corrected chi connectivity index (χ4v) is 2.11. The summed E-state index contributed by atoms with van der Waals surface area (Å²) in [6.07, 6.45) is 8.32. The zero-order valence-corrected chi connectivity index (χ0v) is 11.9. The van der Waals surface area contributed by atoms with Crippen molar-refractivity contribution in [2.24, 2.45) is 0 Å². The summed E-state index contributed by atoms with van der Waals surface area (Å²) in [7, 11) is 2.09. The van der Waals surface area contributed by atoms with Gasteiger partial charge in [-0.25, -0.2) is 0 Å². The van der Waals surface area contributed by atoms with Gasteiger partial charge in [-0.1, -0.05) is 6.92 Å². The molecule has 5 heteroatoms. The van der Waals surface area contributed by atoms with E-state index in [1.807, 2.05) is 12.4 Å². The van der Waals surface area contributed by atoms with Crippen molar-refractivity contribution in [1.29, 1.82) is 0 Å². The van der Waals surface area contributed by atoms with Gasteiger partial charge in [-0.15, -0.1) is 0 Å². The highest BCUT2D eigenvalue weighted by Gasteiger charge is 2.09. The van der Waals surface area contributed by atoms with Gasteiger partial charge in [0, 0.05) is 49.5 Å².